The SMILES string of the molecule is COC(=O)[C@@H]1N2CCc3cc(OC)c(OC)cc3[C@@H]2[C@@H]([N+](=O)[O-])[C@@]12C(=O)Nc1ccccc12. The van der Waals surface area contributed by atoms with Crippen molar-refractivity contribution in [2.75, 3.05) is 33.2 Å². The Kier molecular flexibility index (Phi) is 4.78. The number of hydrogen-bond donors (Lipinski definition) is 1. The normalized spacial score (nSPS) is 27.4. The third-order valence-electron chi connectivity index (χ3n) is 7.14. The lowest BCUT2D eigenvalue weighted by atomic mass is 9.70. The molecule has 0 aromatic heterocycles. The minimum atomic E-state index is -1.74. The first-order valence-corrected chi connectivity index (χ1v) is 10.5. The van der Waals surface area contributed by atoms with Crippen molar-refractivity contribution < 1.29 is 28.7 Å². The molecule has 2 aromatic rings. The molecule has 3 aliphatic heterocycles. The molecule has 0 saturated carbocycles. The first-order valence-electron chi connectivity index (χ1n) is 10.5. The fraction of sp³-hybridized carbons (Fsp3) is 0.391. The molecule has 5 rings (SSSR count). The number of amides is 1. The number of nitrogens with zero attached hydrogens (tertiary/aromatic N) is 2. The summed E-state index contributed by atoms with van der Waals surface area (Å²) >= 11 is 0. The molecule has 172 valence electrons. The van der Waals surface area contributed by atoms with Gasteiger partial charge in [-0.3, -0.25) is 24.6 Å². The first kappa shape index (κ1) is 21.2. The molecule has 4 atom stereocenters. The van der Waals surface area contributed by atoms with Crippen molar-refractivity contribution in [2.45, 2.75) is 30.0 Å². The van der Waals surface area contributed by atoms with Crippen LogP contribution in [0.1, 0.15) is 22.7 Å². The van der Waals surface area contributed by atoms with Gasteiger partial charge in [0.15, 0.2) is 16.9 Å². The van der Waals surface area contributed by atoms with E-state index in [9.17, 15) is 19.7 Å². The van der Waals surface area contributed by atoms with Crippen molar-refractivity contribution in [3.05, 3.63) is 63.2 Å². The van der Waals surface area contributed by atoms with Gasteiger partial charge < -0.3 is 19.5 Å². The number of carbonyl (C=O) groups is 2. The Morgan fingerprint density at radius 1 is 1.18 bits per heavy atom. The third-order valence-corrected chi connectivity index (χ3v) is 7.14. The van der Waals surface area contributed by atoms with Crippen molar-refractivity contribution in [3.63, 3.8) is 0 Å². The van der Waals surface area contributed by atoms with Crippen LogP contribution < -0.4 is 14.8 Å². The quantitative estimate of drug-likeness (QED) is 0.422. The van der Waals surface area contributed by atoms with E-state index >= 15 is 0 Å². The molecule has 0 radical (unpaired) electrons. The van der Waals surface area contributed by atoms with Gasteiger partial charge in [-0.05, 0) is 35.7 Å². The smallest absolute Gasteiger partial charge is 0.324 e. The summed E-state index contributed by atoms with van der Waals surface area (Å²) in [7, 11) is 4.25. The van der Waals surface area contributed by atoms with Crippen LogP contribution in [0.4, 0.5) is 5.69 Å². The van der Waals surface area contributed by atoms with Crippen LogP contribution in [0.15, 0.2) is 36.4 Å². The Morgan fingerprint density at radius 3 is 2.55 bits per heavy atom. The van der Waals surface area contributed by atoms with Crippen molar-refractivity contribution in [3.8, 4) is 11.5 Å². The van der Waals surface area contributed by atoms with E-state index in [1.807, 2.05) is 6.07 Å². The van der Waals surface area contributed by atoms with E-state index in [1.54, 1.807) is 35.2 Å². The second-order valence-corrected chi connectivity index (χ2v) is 8.36. The summed E-state index contributed by atoms with van der Waals surface area (Å²) in [5.74, 6) is -0.312. The number of nitrogens with one attached hydrogen (secondary N) is 1. The van der Waals surface area contributed by atoms with E-state index in [-0.39, 0.29) is 0 Å². The van der Waals surface area contributed by atoms with Gasteiger partial charge in [-0.25, -0.2) is 0 Å². The Bertz CT molecular complexity index is 1180. The summed E-state index contributed by atoms with van der Waals surface area (Å²) in [6, 6.07) is 6.91. The van der Waals surface area contributed by atoms with Crippen LogP contribution in [0.5, 0.6) is 11.5 Å². The Balaban J connectivity index is 1.81. The van der Waals surface area contributed by atoms with Gasteiger partial charge in [-0.1, -0.05) is 18.2 Å². The van der Waals surface area contributed by atoms with Gasteiger partial charge in [0, 0.05) is 22.7 Å². The monoisotopic (exact) mass is 453 g/mol. The summed E-state index contributed by atoms with van der Waals surface area (Å²) in [5.41, 5.74) is 0.655. The lowest BCUT2D eigenvalue weighted by molar-refractivity contribution is -0.533. The van der Waals surface area contributed by atoms with E-state index in [4.69, 9.17) is 14.2 Å². The fourth-order valence-corrected chi connectivity index (χ4v) is 5.89. The Morgan fingerprint density at radius 2 is 1.88 bits per heavy atom. The summed E-state index contributed by atoms with van der Waals surface area (Å²) in [6.07, 6.45) is 0.517. The molecule has 0 unspecified atom stereocenters. The highest BCUT2D eigenvalue weighted by molar-refractivity contribution is 6.10. The zero-order valence-electron chi connectivity index (χ0n) is 18.4. The number of anilines is 1. The zero-order chi connectivity index (χ0) is 23.5. The van der Waals surface area contributed by atoms with Crippen molar-refractivity contribution in [1.29, 1.82) is 0 Å². The molecule has 1 saturated heterocycles. The predicted molar refractivity (Wildman–Crippen MR) is 116 cm³/mol. The molecule has 1 spiro atoms. The second kappa shape index (κ2) is 7.45. The molecule has 10 nitrogen and oxygen atoms in total. The lowest BCUT2D eigenvalue weighted by Crippen LogP contribution is -2.57. The number of rotatable bonds is 4. The maximum Gasteiger partial charge on any atom is 0.324 e. The molecule has 33 heavy (non-hydrogen) atoms. The Labute approximate surface area is 189 Å². The number of fused-ring (bicyclic) bond motifs is 5. The number of methoxy groups -OCH3 is 3. The summed E-state index contributed by atoms with van der Waals surface area (Å²) < 4.78 is 16.0. The van der Waals surface area contributed by atoms with E-state index in [1.165, 1.54) is 21.3 Å². The highest BCUT2D eigenvalue weighted by Crippen LogP contribution is 2.57. The minimum absolute atomic E-state index is 0.342. The third kappa shape index (κ3) is 2.64. The number of esters is 1. The summed E-state index contributed by atoms with van der Waals surface area (Å²) in [4.78, 5) is 40.8. The Hall–Kier alpha value is -3.66. The number of nitro groups is 1. The number of para-hydroxylation sites is 1. The highest BCUT2D eigenvalue weighted by atomic mass is 16.6. The maximum absolute atomic E-state index is 13.6. The average molecular weight is 453 g/mol. The summed E-state index contributed by atoms with van der Waals surface area (Å²) in [5, 5.41) is 15.5. The maximum atomic E-state index is 13.6. The molecule has 0 aliphatic carbocycles. The number of ether oxygens (including phenoxy) is 3. The van der Waals surface area contributed by atoms with Crippen LogP contribution in [-0.4, -0.2) is 61.7 Å². The molecule has 2 aromatic carbocycles. The van der Waals surface area contributed by atoms with Crippen LogP contribution in [0.2, 0.25) is 0 Å². The molecule has 1 fully saturated rings. The van der Waals surface area contributed by atoms with Crippen LogP contribution in [0.3, 0.4) is 0 Å². The van der Waals surface area contributed by atoms with Gasteiger partial charge in [-0.15, -0.1) is 0 Å². The van der Waals surface area contributed by atoms with Gasteiger partial charge in [0.1, 0.15) is 12.1 Å². The van der Waals surface area contributed by atoms with E-state index in [0.717, 1.165) is 5.56 Å². The van der Waals surface area contributed by atoms with E-state index in [0.29, 0.717) is 41.3 Å². The minimum Gasteiger partial charge on any atom is -0.493 e. The molecular weight excluding hydrogens is 430 g/mol. The lowest BCUT2D eigenvalue weighted by Gasteiger charge is -2.34. The second-order valence-electron chi connectivity index (χ2n) is 8.36. The van der Waals surface area contributed by atoms with Gasteiger partial charge in [0.2, 0.25) is 5.91 Å². The number of hydrogen-bond acceptors (Lipinski definition) is 8. The van der Waals surface area contributed by atoms with Crippen molar-refractivity contribution in [2.24, 2.45) is 0 Å². The standard InChI is InChI=1S/C23H23N3O7/c1-31-16-10-12-8-9-25-18(13(12)11-17(16)32-2)19(26(29)30)23(20(25)21(27)33-3)14-6-4-5-7-15(14)24-22(23)28/h4-7,10-11,18-20H,8-9H2,1-3H3,(H,24,28)/t18-,19-,20+,23-/m1/s1. The molecule has 0 bridgehead atoms. The largest absolute Gasteiger partial charge is 0.493 e. The summed E-state index contributed by atoms with van der Waals surface area (Å²) in [6.45, 7) is 0.342. The molecule has 3 heterocycles. The molecule has 1 N–H and O–H groups in total. The highest BCUT2D eigenvalue weighted by Gasteiger charge is 2.75. The van der Waals surface area contributed by atoms with Crippen LogP contribution in [0.25, 0.3) is 0 Å². The van der Waals surface area contributed by atoms with Gasteiger partial charge in [0.25, 0.3) is 6.04 Å². The molecular formula is C23H23N3O7. The number of benzene rings is 2. The average Bonchev–Trinajstić information content (AvgIpc) is 3.30. The van der Waals surface area contributed by atoms with Crippen LogP contribution in [0, 0.1) is 10.1 Å². The van der Waals surface area contributed by atoms with Gasteiger partial charge >= 0.3 is 5.97 Å². The van der Waals surface area contributed by atoms with Gasteiger partial charge in [0.05, 0.1) is 21.3 Å². The molecule has 3 aliphatic rings. The van der Waals surface area contributed by atoms with E-state index < -0.39 is 40.3 Å². The van der Waals surface area contributed by atoms with Crippen molar-refractivity contribution >= 4 is 17.6 Å². The van der Waals surface area contributed by atoms with E-state index in [2.05, 4.69) is 5.32 Å². The predicted octanol–water partition coefficient (Wildman–Crippen LogP) is 1.69. The first-order chi connectivity index (χ1) is 15.9. The fourth-order valence-electron chi connectivity index (χ4n) is 5.89. The molecule has 1 amide bonds. The van der Waals surface area contributed by atoms with Crippen LogP contribution in [-0.2, 0) is 26.2 Å². The van der Waals surface area contributed by atoms with Gasteiger partial charge in [-0.2, -0.15) is 0 Å². The zero-order valence-corrected chi connectivity index (χ0v) is 18.4. The number of carbonyl (C=O) groups excluding carboxylic acids is 2. The van der Waals surface area contributed by atoms with Crippen LogP contribution >= 0.6 is 0 Å². The topological polar surface area (TPSA) is 120 Å². The molecule has 10 heteroatoms. The van der Waals surface area contributed by atoms with Crippen molar-refractivity contribution in [1.82, 2.24) is 4.90 Å².